The second kappa shape index (κ2) is 7.44. The van der Waals surface area contributed by atoms with Crippen molar-refractivity contribution in [3.63, 3.8) is 0 Å². The van der Waals surface area contributed by atoms with Gasteiger partial charge in [-0.25, -0.2) is 13.2 Å². The van der Waals surface area contributed by atoms with E-state index in [1.54, 1.807) is 34.9 Å². The topological polar surface area (TPSA) is 104 Å². The first kappa shape index (κ1) is 19.9. The molecule has 2 heterocycles. The molecule has 10 heteroatoms. The summed E-state index contributed by atoms with van der Waals surface area (Å²) in [5.41, 5.74) is 1.55. The van der Waals surface area contributed by atoms with E-state index in [0.29, 0.717) is 26.1 Å². The molecule has 1 amide bonds. The Kier molecular flexibility index (Phi) is 4.93. The molecule has 152 valence electrons. The van der Waals surface area contributed by atoms with Crippen LogP contribution in [0.25, 0.3) is 21.3 Å². The van der Waals surface area contributed by atoms with Crippen molar-refractivity contribution in [2.24, 2.45) is 4.99 Å². The first-order chi connectivity index (χ1) is 14.3. The maximum absolute atomic E-state index is 12.6. The van der Waals surface area contributed by atoms with Crippen LogP contribution < -0.4 is 10.6 Å². The van der Waals surface area contributed by atoms with Gasteiger partial charge in [-0.2, -0.15) is 4.99 Å². The zero-order valence-corrected chi connectivity index (χ0v) is 17.4. The third-order valence-electron chi connectivity index (χ3n) is 4.42. The average Bonchev–Trinajstić information content (AvgIpc) is 3.18. The summed E-state index contributed by atoms with van der Waals surface area (Å²) in [6.45, 7) is -0.145. The van der Waals surface area contributed by atoms with Crippen LogP contribution in [0.1, 0.15) is 0 Å². The molecule has 0 spiro atoms. The number of aromatic nitrogens is 2. The molecule has 0 fully saturated rings. The lowest BCUT2D eigenvalue weighted by molar-refractivity contribution is -0.118. The van der Waals surface area contributed by atoms with Gasteiger partial charge in [0.1, 0.15) is 6.54 Å². The molecule has 0 aliphatic heterocycles. The molecule has 0 saturated heterocycles. The van der Waals surface area contributed by atoms with Gasteiger partial charge in [0, 0.05) is 6.26 Å². The third-order valence-corrected chi connectivity index (χ3v) is 6.57. The number of nitrogens with zero attached hydrogens (tertiary/aromatic N) is 3. The first-order valence-electron chi connectivity index (χ1n) is 8.71. The maximum Gasteiger partial charge on any atom is 0.420 e. The minimum Gasteiger partial charge on any atom is -0.408 e. The molecule has 0 atom stereocenters. The zero-order chi connectivity index (χ0) is 21.5. The van der Waals surface area contributed by atoms with Crippen LogP contribution in [0.4, 0.5) is 0 Å². The van der Waals surface area contributed by atoms with Gasteiger partial charge < -0.3 is 8.98 Å². The van der Waals surface area contributed by atoms with E-state index in [2.05, 4.69) is 10.9 Å². The van der Waals surface area contributed by atoms with Crippen LogP contribution in [0.2, 0.25) is 0 Å². The van der Waals surface area contributed by atoms with Crippen molar-refractivity contribution in [1.29, 1.82) is 0 Å². The minimum atomic E-state index is -3.38. The Morgan fingerprint density at radius 3 is 2.70 bits per heavy atom. The number of benzene rings is 2. The van der Waals surface area contributed by atoms with Crippen LogP contribution in [0, 0.1) is 12.3 Å². The second-order valence-electron chi connectivity index (χ2n) is 6.50. The van der Waals surface area contributed by atoms with Crippen molar-refractivity contribution < 1.29 is 17.6 Å². The molecular formula is C20H15N3O5S2. The fourth-order valence-corrected chi connectivity index (χ4v) is 4.86. The summed E-state index contributed by atoms with van der Waals surface area (Å²) in [7, 11) is -3.38. The van der Waals surface area contributed by atoms with Crippen LogP contribution >= 0.6 is 11.3 Å². The van der Waals surface area contributed by atoms with E-state index in [4.69, 9.17) is 10.8 Å². The van der Waals surface area contributed by atoms with Crippen LogP contribution in [0.5, 0.6) is 0 Å². The number of carbonyl (C=O) groups excluding carboxylic acids is 1. The number of rotatable bonds is 4. The van der Waals surface area contributed by atoms with E-state index in [1.165, 1.54) is 16.7 Å². The van der Waals surface area contributed by atoms with Gasteiger partial charge in [0.25, 0.3) is 5.91 Å². The normalized spacial score (nSPS) is 12.5. The lowest BCUT2D eigenvalue weighted by atomic mass is 10.3. The molecule has 30 heavy (non-hydrogen) atoms. The lowest BCUT2D eigenvalue weighted by Gasteiger charge is -2.01. The molecule has 0 saturated carbocycles. The number of hydrogen-bond acceptors (Lipinski definition) is 6. The van der Waals surface area contributed by atoms with Gasteiger partial charge in [0.2, 0.25) is 0 Å². The van der Waals surface area contributed by atoms with E-state index >= 15 is 0 Å². The Morgan fingerprint density at radius 1 is 1.20 bits per heavy atom. The molecule has 0 radical (unpaired) electrons. The lowest BCUT2D eigenvalue weighted by Crippen LogP contribution is -2.22. The van der Waals surface area contributed by atoms with E-state index in [0.717, 1.165) is 17.6 Å². The average molecular weight is 441 g/mol. The van der Waals surface area contributed by atoms with Gasteiger partial charge in [0.15, 0.2) is 20.2 Å². The number of sulfone groups is 1. The predicted molar refractivity (Wildman–Crippen MR) is 113 cm³/mol. The van der Waals surface area contributed by atoms with E-state index in [-0.39, 0.29) is 18.0 Å². The van der Waals surface area contributed by atoms with Crippen molar-refractivity contribution in [1.82, 2.24) is 9.13 Å². The molecule has 0 unspecified atom stereocenters. The molecule has 0 aliphatic carbocycles. The van der Waals surface area contributed by atoms with Gasteiger partial charge in [-0.1, -0.05) is 29.4 Å². The molecule has 0 aliphatic rings. The number of para-hydroxylation sites is 2. The van der Waals surface area contributed by atoms with Crippen molar-refractivity contribution in [3.8, 4) is 12.3 Å². The summed E-state index contributed by atoms with van der Waals surface area (Å²) < 4.78 is 32.3. The molecular weight excluding hydrogens is 426 g/mol. The zero-order valence-electron chi connectivity index (χ0n) is 15.7. The maximum atomic E-state index is 12.6. The molecule has 2 aromatic heterocycles. The fraction of sp³-hybridized carbons (Fsp3) is 0.150. The monoisotopic (exact) mass is 441 g/mol. The van der Waals surface area contributed by atoms with Gasteiger partial charge in [-0.3, -0.25) is 9.36 Å². The number of amides is 1. The first-order valence-corrected chi connectivity index (χ1v) is 11.4. The van der Waals surface area contributed by atoms with Gasteiger partial charge in [0.05, 0.1) is 27.2 Å². The summed E-state index contributed by atoms with van der Waals surface area (Å²) >= 11 is 1.15. The second-order valence-corrected chi connectivity index (χ2v) is 9.53. The van der Waals surface area contributed by atoms with Gasteiger partial charge >= 0.3 is 5.76 Å². The Bertz CT molecular complexity index is 1580. The largest absolute Gasteiger partial charge is 0.420 e. The van der Waals surface area contributed by atoms with Crippen LogP contribution in [-0.4, -0.2) is 29.7 Å². The highest BCUT2D eigenvalue weighted by molar-refractivity contribution is 7.90. The summed E-state index contributed by atoms with van der Waals surface area (Å²) in [4.78, 5) is 29.3. The molecule has 0 N–H and O–H groups in total. The van der Waals surface area contributed by atoms with Gasteiger partial charge in [-0.05, 0) is 30.3 Å². The minimum absolute atomic E-state index is 0.152. The number of thiazole rings is 1. The quantitative estimate of drug-likeness (QED) is 0.449. The Balaban J connectivity index is 1.80. The molecule has 0 bridgehead atoms. The standard InChI is InChI=1S/C20H15N3O5S2/c1-3-10-22-15-9-8-13(30(2,26)27)11-17(15)29-19(22)21-18(24)12-23-14-6-4-5-7-16(14)28-20(23)25/h1,4-9,11H,10,12H2,2H3. The third kappa shape index (κ3) is 3.60. The number of terminal acetylenes is 1. The summed E-state index contributed by atoms with van der Waals surface area (Å²) in [6.07, 6.45) is 6.58. The molecule has 4 rings (SSSR count). The SMILES string of the molecule is C#CCn1c(=NC(=O)Cn2c(=O)oc3ccccc32)sc2cc(S(C)(=O)=O)ccc21. The smallest absolute Gasteiger partial charge is 0.408 e. The summed E-state index contributed by atoms with van der Waals surface area (Å²) in [5, 5.41) is 0. The fourth-order valence-electron chi connectivity index (χ4n) is 3.05. The van der Waals surface area contributed by atoms with Crippen LogP contribution in [0.15, 0.2) is 61.6 Å². The highest BCUT2D eigenvalue weighted by Gasteiger charge is 2.14. The van der Waals surface area contributed by atoms with Crippen molar-refractivity contribution in [2.45, 2.75) is 18.0 Å². The number of carbonyl (C=O) groups is 1. The summed E-state index contributed by atoms with van der Waals surface area (Å²) in [6, 6.07) is 11.4. The molecule has 2 aromatic carbocycles. The van der Waals surface area contributed by atoms with E-state index in [9.17, 15) is 18.0 Å². The van der Waals surface area contributed by atoms with Crippen LogP contribution in [0.3, 0.4) is 0 Å². The Hall–Kier alpha value is -3.42. The number of hydrogen-bond donors (Lipinski definition) is 0. The number of oxazole rings is 1. The summed E-state index contributed by atoms with van der Waals surface area (Å²) in [5.74, 6) is 1.30. The van der Waals surface area contributed by atoms with E-state index < -0.39 is 21.5 Å². The Labute approximate surface area is 174 Å². The number of fused-ring (bicyclic) bond motifs is 2. The van der Waals surface area contributed by atoms with Crippen molar-refractivity contribution in [3.05, 3.63) is 57.8 Å². The highest BCUT2D eigenvalue weighted by atomic mass is 32.2. The molecule has 8 nitrogen and oxygen atoms in total. The highest BCUT2D eigenvalue weighted by Crippen LogP contribution is 2.22. The predicted octanol–water partition coefficient (Wildman–Crippen LogP) is 1.77. The van der Waals surface area contributed by atoms with Crippen molar-refractivity contribution >= 4 is 48.4 Å². The molecule has 4 aromatic rings. The van der Waals surface area contributed by atoms with Crippen molar-refractivity contribution in [2.75, 3.05) is 6.26 Å². The van der Waals surface area contributed by atoms with E-state index in [1.807, 2.05) is 0 Å². The Morgan fingerprint density at radius 2 is 1.97 bits per heavy atom. The van der Waals surface area contributed by atoms with Gasteiger partial charge in [-0.15, -0.1) is 6.42 Å². The van der Waals surface area contributed by atoms with Crippen LogP contribution in [-0.2, 0) is 27.7 Å².